The van der Waals surface area contributed by atoms with Crippen molar-refractivity contribution >= 4 is 27.3 Å². The molecule has 7 heteroatoms. The molecule has 0 aliphatic carbocycles. The molecule has 0 unspecified atom stereocenters. The van der Waals surface area contributed by atoms with Gasteiger partial charge in [0.15, 0.2) is 5.03 Å². The summed E-state index contributed by atoms with van der Waals surface area (Å²) in [6.45, 7) is 3.62. The molecule has 1 N–H and O–H groups in total. The average Bonchev–Trinajstić information content (AvgIpc) is 2.64. The number of benzene rings is 1. The molecule has 1 heterocycles. The normalized spacial score (nSPS) is 11.6. The van der Waals surface area contributed by atoms with Gasteiger partial charge in [-0.25, -0.2) is 4.98 Å². The molecule has 0 amide bonds. The predicted octanol–water partition coefficient (Wildman–Crippen LogP) is 2.49. The molecule has 1 aromatic carbocycles. The number of halogens is 1. The fraction of sp³-hybridized carbons (Fsp3) is 0.250. The highest BCUT2D eigenvalue weighted by Gasteiger charge is 2.19. The van der Waals surface area contributed by atoms with Crippen LogP contribution in [0.25, 0.3) is 0 Å². The molecule has 0 saturated heterocycles. The Hall–Kier alpha value is -1.53. The zero-order valence-electron chi connectivity index (χ0n) is 10.8. The molecule has 0 atom stereocenters. The summed E-state index contributed by atoms with van der Waals surface area (Å²) in [5.41, 5.74) is 1.30. The Labute approximate surface area is 117 Å². The number of anilines is 1. The van der Waals surface area contributed by atoms with Gasteiger partial charge in [0.2, 0.25) is 0 Å². The number of imidazole rings is 1. The number of aromatic nitrogens is 2. The van der Waals surface area contributed by atoms with Crippen LogP contribution in [0.15, 0.2) is 29.4 Å². The Kier molecular flexibility index (Phi) is 3.56. The summed E-state index contributed by atoms with van der Waals surface area (Å²) < 4.78 is 28.4. The smallest absolute Gasteiger partial charge is 0.281 e. The van der Waals surface area contributed by atoms with Crippen LogP contribution in [-0.4, -0.2) is 18.0 Å². The van der Waals surface area contributed by atoms with E-state index in [1.807, 2.05) is 6.92 Å². The minimum atomic E-state index is -3.72. The molecule has 102 valence electrons. The minimum absolute atomic E-state index is 0.0239. The zero-order chi connectivity index (χ0) is 14.2. The van der Waals surface area contributed by atoms with E-state index in [2.05, 4.69) is 9.71 Å². The number of sulfonamides is 1. The zero-order valence-corrected chi connectivity index (χ0v) is 12.4. The van der Waals surface area contributed by atoms with Gasteiger partial charge in [-0.15, -0.1) is 0 Å². The third-order valence-electron chi connectivity index (χ3n) is 2.73. The summed E-state index contributed by atoms with van der Waals surface area (Å²) in [6, 6.07) is 5.11. The average molecular weight is 300 g/mol. The Morgan fingerprint density at radius 3 is 2.53 bits per heavy atom. The summed E-state index contributed by atoms with van der Waals surface area (Å²) in [6.07, 6.45) is 1.46. The van der Waals surface area contributed by atoms with E-state index < -0.39 is 10.0 Å². The van der Waals surface area contributed by atoms with Crippen molar-refractivity contribution in [3.8, 4) is 0 Å². The van der Waals surface area contributed by atoms with Crippen molar-refractivity contribution in [3.63, 3.8) is 0 Å². The van der Waals surface area contributed by atoms with Gasteiger partial charge >= 0.3 is 0 Å². The maximum atomic E-state index is 12.2. The van der Waals surface area contributed by atoms with E-state index in [4.69, 9.17) is 11.6 Å². The van der Waals surface area contributed by atoms with E-state index in [1.54, 1.807) is 36.7 Å². The molecular weight excluding hydrogens is 286 g/mol. The lowest BCUT2D eigenvalue weighted by atomic mass is 10.2. The minimum Gasteiger partial charge on any atom is -0.337 e. The van der Waals surface area contributed by atoms with Gasteiger partial charge in [-0.3, -0.25) is 4.72 Å². The first-order chi connectivity index (χ1) is 8.79. The van der Waals surface area contributed by atoms with E-state index in [1.165, 1.54) is 6.20 Å². The number of rotatable bonds is 3. The van der Waals surface area contributed by atoms with E-state index >= 15 is 0 Å². The Bertz CT molecular complexity index is 703. The van der Waals surface area contributed by atoms with Crippen LogP contribution in [0.1, 0.15) is 11.4 Å². The van der Waals surface area contributed by atoms with E-state index in [0.29, 0.717) is 16.5 Å². The van der Waals surface area contributed by atoms with Crippen LogP contribution < -0.4 is 4.72 Å². The monoisotopic (exact) mass is 299 g/mol. The molecule has 0 aliphatic heterocycles. The van der Waals surface area contributed by atoms with Gasteiger partial charge in [-0.1, -0.05) is 17.7 Å². The van der Waals surface area contributed by atoms with Gasteiger partial charge in [0.25, 0.3) is 10.0 Å². The molecule has 0 fully saturated rings. The molecule has 0 aliphatic rings. The Balaban J connectivity index is 2.36. The number of nitrogens with zero attached hydrogens (tertiary/aromatic N) is 2. The number of hydrogen-bond acceptors (Lipinski definition) is 3. The maximum absolute atomic E-state index is 12.2. The van der Waals surface area contributed by atoms with Gasteiger partial charge in [-0.2, -0.15) is 8.42 Å². The summed E-state index contributed by atoms with van der Waals surface area (Å²) >= 11 is 6.01. The van der Waals surface area contributed by atoms with Crippen molar-refractivity contribution < 1.29 is 8.42 Å². The Morgan fingerprint density at radius 1 is 1.32 bits per heavy atom. The fourth-order valence-corrected chi connectivity index (χ4v) is 3.02. The van der Waals surface area contributed by atoms with Crippen molar-refractivity contribution in [1.82, 2.24) is 9.55 Å². The van der Waals surface area contributed by atoms with Crippen molar-refractivity contribution in [2.24, 2.45) is 7.05 Å². The third kappa shape index (κ3) is 2.90. The van der Waals surface area contributed by atoms with Crippen LogP contribution in [0.3, 0.4) is 0 Å². The first kappa shape index (κ1) is 13.9. The molecule has 0 spiro atoms. The number of aryl methyl sites for hydroxylation is 3. The quantitative estimate of drug-likeness (QED) is 0.947. The van der Waals surface area contributed by atoms with Crippen molar-refractivity contribution in [1.29, 1.82) is 0 Å². The molecule has 0 radical (unpaired) electrons. The lowest BCUT2D eigenvalue weighted by molar-refractivity contribution is 0.598. The van der Waals surface area contributed by atoms with Crippen molar-refractivity contribution in [2.45, 2.75) is 18.9 Å². The first-order valence-electron chi connectivity index (χ1n) is 5.58. The van der Waals surface area contributed by atoms with Crippen LogP contribution in [0.2, 0.25) is 5.02 Å². The first-order valence-corrected chi connectivity index (χ1v) is 7.44. The maximum Gasteiger partial charge on any atom is 0.281 e. The molecule has 2 aromatic rings. The molecule has 0 bridgehead atoms. The number of nitrogens with one attached hydrogen (secondary N) is 1. The van der Waals surface area contributed by atoms with Crippen LogP contribution in [-0.2, 0) is 17.1 Å². The molecule has 5 nitrogen and oxygen atoms in total. The Morgan fingerprint density at radius 2 is 2.00 bits per heavy atom. The highest BCUT2D eigenvalue weighted by molar-refractivity contribution is 7.92. The number of hydrogen-bond donors (Lipinski definition) is 1. The molecule has 19 heavy (non-hydrogen) atoms. The highest BCUT2D eigenvalue weighted by atomic mass is 35.5. The molecule has 2 rings (SSSR count). The SMILES string of the molecule is Cc1ccc(NS(=O)(=O)c2cn(C)c(C)n2)c(Cl)c1. The van der Waals surface area contributed by atoms with Crippen LogP contribution in [0.4, 0.5) is 5.69 Å². The van der Waals surface area contributed by atoms with Gasteiger partial charge in [-0.05, 0) is 31.5 Å². The summed E-state index contributed by atoms with van der Waals surface area (Å²) in [5.74, 6) is 0.621. The van der Waals surface area contributed by atoms with Crippen LogP contribution in [0.5, 0.6) is 0 Å². The summed E-state index contributed by atoms with van der Waals surface area (Å²) in [4.78, 5) is 3.99. The molecule has 1 aromatic heterocycles. The molecular formula is C12H14ClN3O2S. The summed E-state index contributed by atoms with van der Waals surface area (Å²) in [5, 5.41) is 0.334. The van der Waals surface area contributed by atoms with Crippen LogP contribution in [0, 0.1) is 13.8 Å². The van der Waals surface area contributed by atoms with Gasteiger partial charge < -0.3 is 4.57 Å². The second-order valence-electron chi connectivity index (χ2n) is 4.33. The predicted molar refractivity (Wildman–Crippen MR) is 74.9 cm³/mol. The van der Waals surface area contributed by atoms with E-state index in [9.17, 15) is 8.42 Å². The molecule has 0 saturated carbocycles. The van der Waals surface area contributed by atoms with Crippen molar-refractivity contribution in [3.05, 3.63) is 40.8 Å². The highest BCUT2D eigenvalue weighted by Crippen LogP contribution is 2.25. The third-order valence-corrected chi connectivity index (χ3v) is 4.28. The lowest BCUT2D eigenvalue weighted by Gasteiger charge is -2.08. The second kappa shape index (κ2) is 4.86. The summed E-state index contributed by atoms with van der Waals surface area (Å²) in [7, 11) is -1.98. The van der Waals surface area contributed by atoms with Gasteiger partial charge in [0.05, 0.1) is 10.7 Å². The van der Waals surface area contributed by atoms with Crippen LogP contribution >= 0.6 is 11.6 Å². The standard InChI is InChI=1S/C12H14ClN3O2S/c1-8-4-5-11(10(13)6-8)15-19(17,18)12-7-16(3)9(2)14-12/h4-7,15H,1-3H3. The fourth-order valence-electron chi connectivity index (χ4n) is 1.56. The topological polar surface area (TPSA) is 64.0 Å². The van der Waals surface area contributed by atoms with E-state index in [0.717, 1.165) is 5.56 Å². The van der Waals surface area contributed by atoms with Gasteiger partial charge in [0, 0.05) is 13.2 Å². The van der Waals surface area contributed by atoms with Gasteiger partial charge in [0.1, 0.15) is 5.82 Å². The second-order valence-corrected chi connectivity index (χ2v) is 6.36. The largest absolute Gasteiger partial charge is 0.337 e. The lowest BCUT2D eigenvalue weighted by Crippen LogP contribution is -2.13. The van der Waals surface area contributed by atoms with Crippen molar-refractivity contribution in [2.75, 3.05) is 4.72 Å². The van der Waals surface area contributed by atoms with E-state index in [-0.39, 0.29) is 5.03 Å².